The summed E-state index contributed by atoms with van der Waals surface area (Å²) in [4.78, 5) is 2.08. The third kappa shape index (κ3) is 5.52. The van der Waals surface area contributed by atoms with Crippen LogP contribution in [0.5, 0.6) is 5.75 Å². The number of halogens is 3. The molecule has 21 heavy (non-hydrogen) atoms. The van der Waals surface area contributed by atoms with Crippen LogP contribution in [0.4, 0.5) is 8.78 Å². The second-order valence-corrected chi connectivity index (χ2v) is 6.23. The molecule has 0 saturated carbocycles. The van der Waals surface area contributed by atoms with Gasteiger partial charge >= 0.3 is 6.61 Å². The Morgan fingerprint density at radius 1 is 1.43 bits per heavy atom. The first-order valence-corrected chi connectivity index (χ1v) is 7.87. The van der Waals surface area contributed by atoms with Gasteiger partial charge in [-0.25, -0.2) is 0 Å². The molecule has 1 saturated heterocycles. The van der Waals surface area contributed by atoms with E-state index >= 15 is 0 Å². The predicted molar refractivity (Wildman–Crippen MR) is 80.7 cm³/mol. The summed E-state index contributed by atoms with van der Waals surface area (Å²) in [6.07, 6.45) is 3.60. The SMILES string of the molecule is CN(Cc1cc(Br)ccc1OC(F)F)CC1CCCCO1. The van der Waals surface area contributed by atoms with Crippen molar-refractivity contribution < 1.29 is 18.3 Å². The van der Waals surface area contributed by atoms with Crippen molar-refractivity contribution in [1.29, 1.82) is 0 Å². The van der Waals surface area contributed by atoms with Crippen LogP contribution < -0.4 is 4.74 Å². The summed E-state index contributed by atoms with van der Waals surface area (Å²) in [6, 6.07) is 5.08. The Kier molecular flexibility index (Phi) is 6.39. The third-order valence-corrected chi connectivity index (χ3v) is 3.96. The Morgan fingerprint density at radius 2 is 2.24 bits per heavy atom. The molecule has 1 aromatic rings. The molecule has 0 aromatic heterocycles. The zero-order valence-corrected chi connectivity index (χ0v) is 13.6. The average molecular weight is 364 g/mol. The van der Waals surface area contributed by atoms with Gasteiger partial charge in [-0.3, -0.25) is 4.90 Å². The van der Waals surface area contributed by atoms with Gasteiger partial charge in [-0.05, 0) is 44.5 Å². The first-order valence-electron chi connectivity index (χ1n) is 7.08. The highest BCUT2D eigenvalue weighted by atomic mass is 79.9. The van der Waals surface area contributed by atoms with Crippen molar-refractivity contribution in [3.05, 3.63) is 28.2 Å². The van der Waals surface area contributed by atoms with E-state index in [0.717, 1.165) is 36.0 Å². The summed E-state index contributed by atoms with van der Waals surface area (Å²) in [5.41, 5.74) is 0.739. The minimum atomic E-state index is -2.81. The molecule has 1 heterocycles. The van der Waals surface area contributed by atoms with E-state index in [-0.39, 0.29) is 11.9 Å². The monoisotopic (exact) mass is 363 g/mol. The predicted octanol–water partition coefficient (Wildman–Crippen LogP) is 4.05. The summed E-state index contributed by atoms with van der Waals surface area (Å²) in [6.45, 7) is -0.658. The van der Waals surface area contributed by atoms with Gasteiger partial charge in [-0.2, -0.15) is 8.78 Å². The molecule has 0 aliphatic carbocycles. The fourth-order valence-corrected chi connectivity index (χ4v) is 2.95. The highest BCUT2D eigenvalue weighted by Gasteiger charge is 2.17. The minimum absolute atomic E-state index is 0.226. The molecule has 118 valence electrons. The lowest BCUT2D eigenvalue weighted by molar-refractivity contribution is -0.0510. The molecule has 1 aromatic carbocycles. The lowest BCUT2D eigenvalue weighted by Gasteiger charge is -2.27. The van der Waals surface area contributed by atoms with E-state index < -0.39 is 6.61 Å². The molecule has 0 N–H and O–H groups in total. The van der Waals surface area contributed by atoms with Gasteiger partial charge in [0.2, 0.25) is 0 Å². The highest BCUT2D eigenvalue weighted by molar-refractivity contribution is 9.10. The van der Waals surface area contributed by atoms with Crippen molar-refractivity contribution in [3.63, 3.8) is 0 Å². The Labute approximate surface area is 132 Å². The maximum atomic E-state index is 12.4. The van der Waals surface area contributed by atoms with Gasteiger partial charge < -0.3 is 9.47 Å². The molecule has 6 heteroatoms. The maximum absolute atomic E-state index is 12.4. The average Bonchev–Trinajstić information content (AvgIpc) is 2.42. The van der Waals surface area contributed by atoms with Crippen molar-refractivity contribution >= 4 is 15.9 Å². The first kappa shape index (κ1) is 16.6. The molecule has 2 rings (SSSR count). The minimum Gasteiger partial charge on any atom is -0.434 e. The highest BCUT2D eigenvalue weighted by Crippen LogP contribution is 2.26. The topological polar surface area (TPSA) is 21.7 Å². The van der Waals surface area contributed by atoms with Crippen molar-refractivity contribution in [3.8, 4) is 5.75 Å². The zero-order chi connectivity index (χ0) is 15.2. The summed E-state index contributed by atoms with van der Waals surface area (Å²) in [5, 5.41) is 0. The lowest BCUT2D eigenvalue weighted by Crippen LogP contribution is -2.33. The molecule has 0 bridgehead atoms. The van der Waals surface area contributed by atoms with E-state index in [1.165, 1.54) is 6.42 Å². The second-order valence-electron chi connectivity index (χ2n) is 5.32. The number of benzene rings is 1. The van der Waals surface area contributed by atoms with Crippen LogP contribution in [0.15, 0.2) is 22.7 Å². The number of likely N-dealkylation sites (N-methyl/N-ethyl adjacent to an activating group) is 1. The van der Waals surface area contributed by atoms with Crippen molar-refractivity contribution in [1.82, 2.24) is 4.90 Å². The molecule has 0 radical (unpaired) electrons. The molecular weight excluding hydrogens is 344 g/mol. The number of rotatable bonds is 6. The molecule has 1 atom stereocenters. The van der Waals surface area contributed by atoms with Crippen molar-refractivity contribution in [2.45, 2.75) is 38.5 Å². The molecule has 3 nitrogen and oxygen atoms in total. The standard InChI is InChI=1S/C15H20BrF2NO2/c1-19(10-13-4-2-3-7-20-13)9-11-8-12(16)5-6-14(11)21-15(17)18/h5-6,8,13,15H,2-4,7,9-10H2,1H3. The van der Waals surface area contributed by atoms with Crippen LogP contribution in [0.1, 0.15) is 24.8 Å². The van der Waals surface area contributed by atoms with E-state index in [2.05, 4.69) is 25.6 Å². The lowest BCUT2D eigenvalue weighted by atomic mass is 10.1. The molecule has 1 fully saturated rings. The molecule has 0 spiro atoms. The first-order chi connectivity index (χ1) is 10.0. The van der Waals surface area contributed by atoms with E-state index in [1.54, 1.807) is 12.1 Å². The fraction of sp³-hybridized carbons (Fsp3) is 0.600. The normalized spacial score (nSPS) is 19.2. The van der Waals surface area contributed by atoms with Crippen LogP contribution in [0, 0.1) is 0 Å². The third-order valence-electron chi connectivity index (χ3n) is 3.47. The number of ether oxygens (including phenoxy) is 2. The van der Waals surface area contributed by atoms with Crippen molar-refractivity contribution in [2.75, 3.05) is 20.2 Å². The molecule has 1 aliphatic heterocycles. The quantitative estimate of drug-likeness (QED) is 0.760. The largest absolute Gasteiger partial charge is 0.434 e. The van der Waals surface area contributed by atoms with Gasteiger partial charge in [0.1, 0.15) is 5.75 Å². The van der Waals surface area contributed by atoms with E-state index in [0.29, 0.717) is 6.54 Å². The van der Waals surface area contributed by atoms with Crippen LogP contribution in [0.25, 0.3) is 0 Å². The Bertz CT molecular complexity index is 453. The van der Waals surface area contributed by atoms with Gasteiger partial charge in [0.15, 0.2) is 0 Å². The van der Waals surface area contributed by atoms with E-state index in [9.17, 15) is 8.78 Å². The van der Waals surface area contributed by atoms with Gasteiger partial charge in [-0.15, -0.1) is 0 Å². The van der Waals surface area contributed by atoms with Crippen LogP contribution >= 0.6 is 15.9 Å². The van der Waals surface area contributed by atoms with Gasteiger partial charge in [0.25, 0.3) is 0 Å². The Balaban J connectivity index is 1.98. The van der Waals surface area contributed by atoms with E-state index in [4.69, 9.17) is 4.74 Å². The number of hydrogen-bond acceptors (Lipinski definition) is 3. The van der Waals surface area contributed by atoms with Crippen LogP contribution in [-0.4, -0.2) is 37.8 Å². The van der Waals surface area contributed by atoms with Gasteiger partial charge in [0.05, 0.1) is 6.10 Å². The summed E-state index contributed by atoms with van der Waals surface area (Å²) in [5.74, 6) is 0.226. The second kappa shape index (κ2) is 8.06. The number of nitrogens with zero attached hydrogens (tertiary/aromatic N) is 1. The van der Waals surface area contributed by atoms with Crippen LogP contribution in [0.2, 0.25) is 0 Å². The van der Waals surface area contributed by atoms with E-state index in [1.807, 2.05) is 13.1 Å². The van der Waals surface area contributed by atoms with Crippen molar-refractivity contribution in [2.24, 2.45) is 0 Å². The summed E-state index contributed by atoms with van der Waals surface area (Å²) < 4.78 is 36.0. The summed E-state index contributed by atoms with van der Waals surface area (Å²) in [7, 11) is 1.96. The van der Waals surface area contributed by atoms with Gasteiger partial charge in [-0.1, -0.05) is 15.9 Å². The number of alkyl halides is 2. The Morgan fingerprint density at radius 3 is 2.90 bits per heavy atom. The molecule has 1 aliphatic rings. The Hall–Kier alpha value is -0.720. The maximum Gasteiger partial charge on any atom is 0.387 e. The number of hydrogen-bond donors (Lipinski definition) is 0. The summed E-state index contributed by atoms with van der Waals surface area (Å²) >= 11 is 3.36. The molecule has 0 amide bonds. The fourth-order valence-electron chi connectivity index (χ4n) is 2.54. The molecule has 1 unspecified atom stereocenters. The smallest absolute Gasteiger partial charge is 0.387 e. The zero-order valence-electron chi connectivity index (χ0n) is 12.0. The van der Waals surface area contributed by atoms with Crippen LogP contribution in [0.3, 0.4) is 0 Å². The van der Waals surface area contributed by atoms with Gasteiger partial charge in [0, 0.05) is 29.7 Å². The van der Waals surface area contributed by atoms with Crippen LogP contribution in [-0.2, 0) is 11.3 Å². The molecular formula is C15H20BrF2NO2.